The van der Waals surface area contributed by atoms with Crippen LogP contribution in [0.4, 0.5) is 0 Å². The smallest absolute Gasteiger partial charge is 0.313 e. The van der Waals surface area contributed by atoms with Crippen molar-refractivity contribution in [1.29, 1.82) is 0 Å². The van der Waals surface area contributed by atoms with Gasteiger partial charge in [0.1, 0.15) is 17.2 Å². The zero-order chi connectivity index (χ0) is 41.4. The highest BCUT2D eigenvalue weighted by atomic mass is 28.3. The van der Waals surface area contributed by atoms with E-state index in [0.29, 0.717) is 38.0 Å². The SMILES string of the molecule is CCOC(=O)[C@@]1(Cc2ccc(O)cc2)CC1C(=O)N(CC[Si](C)(C)C)OC.CCOC(=O)[C@@]1(Cc2ccc(Oc3cccc4ccccc34)cc2)CC1C(=O)NO. The molecule has 0 aliphatic heterocycles. The second-order valence-corrected chi connectivity index (χ2v) is 21.5. The van der Waals surface area contributed by atoms with Gasteiger partial charge >= 0.3 is 11.9 Å². The van der Waals surface area contributed by atoms with Crippen LogP contribution >= 0.6 is 0 Å². The molecule has 4 aromatic carbocycles. The van der Waals surface area contributed by atoms with Gasteiger partial charge in [0.15, 0.2) is 0 Å². The minimum atomic E-state index is -1.32. The number of hydroxylamine groups is 3. The molecule has 0 radical (unpaired) electrons. The minimum Gasteiger partial charge on any atom is -0.508 e. The van der Waals surface area contributed by atoms with Gasteiger partial charge in [0.25, 0.3) is 0 Å². The van der Waals surface area contributed by atoms with Gasteiger partial charge in [-0.2, -0.15) is 0 Å². The number of carbonyl (C=O) groups is 4. The Labute approximate surface area is 335 Å². The van der Waals surface area contributed by atoms with Crippen LogP contribution < -0.4 is 10.2 Å². The maximum Gasteiger partial charge on any atom is 0.313 e. The molecule has 12 nitrogen and oxygen atoms in total. The second-order valence-electron chi connectivity index (χ2n) is 15.9. The van der Waals surface area contributed by atoms with Crippen LogP contribution in [0, 0.1) is 22.7 Å². The monoisotopic (exact) mass is 798 g/mol. The van der Waals surface area contributed by atoms with Crippen LogP contribution in [-0.4, -0.2) is 74.1 Å². The summed E-state index contributed by atoms with van der Waals surface area (Å²) in [5.41, 5.74) is 1.65. The molecule has 57 heavy (non-hydrogen) atoms. The predicted molar refractivity (Wildman–Crippen MR) is 217 cm³/mol. The molecule has 0 bridgehead atoms. The molecular formula is C44H54N2O10Si. The lowest BCUT2D eigenvalue weighted by Crippen LogP contribution is -2.38. The summed E-state index contributed by atoms with van der Waals surface area (Å²) in [6, 6.07) is 29.0. The van der Waals surface area contributed by atoms with E-state index in [0.717, 1.165) is 33.7 Å². The van der Waals surface area contributed by atoms with E-state index in [2.05, 4.69) is 19.6 Å². The summed E-state index contributed by atoms with van der Waals surface area (Å²) < 4.78 is 16.5. The van der Waals surface area contributed by atoms with Gasteiger partial charge in [-0.25, -0.2) is 10.5 Å². The molecule has 304 valence electrons. The van der Waals surface area contributed by atoms with Crippen molar-refractivity contribution in [3.8, 4) is 17.2 Å². The van der Waals surface area contributed by atoms with Crippen LogP contribution in [0.5, 0.6) is 17.2 Å². The summed E-state index contributed by atoms with van der Waals surface area (Å²) in [6.07, 6.45) is 1.58. The molecule has 0 heterocycles. The maximum atomic E-state index is 13.0. The number of aromatic hydroxyl groups is 1. The van der Waals surface area contributed by atoms with E-state index in [1.165, 1.54) is 12.2 Å². The van der Waals surface area contributed by atoms with Gasteiger partial charge in [-0.05, 0) is 92.4 Å². The Morgan fingerprint density at radius 3 is 1.88 bits per heavy atom. The Kier molecular flexibility index (Phi) is 13.8. The van der Waals surface area contributed by atoms with Gasteiger partial charge in [-0.15, -0.1) is 0 Å². The molecule has 0 aromatic heterocycles. The Hall–Kier alpha value is -5.24. The van der Waals surface area contributed by atoms with E-state index in [4.69, 9.17) is 24.3 Å². The molecule has 2 aliphatic carbocycles. The van der Waals surface area contributed by atoms with Gasteiger partial charge < -0.3 is 19.3 Å². The lowest BCUT2D eigenvalue weighted by atomic mass is 9.93. The first-order valence-corrected chi connectivity index (χ1v) is 23.1. The lowest BCUT2D eigenvalue weighted by molar-refractivity contribution is -0.178. The zero-order valence-corrected chi connectivity index (χ0v) is 34.6. The number of hydrogen-bond acceptors (Lipinski definition) is 10. The van der Waals surface area contributed by atoms with Crippen molar-refractivity contribution in [2.75, 3.05) is 26.9 Å². The van der Waals surface area contributed by atoms with Gasteiger partial charge in [-0.1, -0.05) is 80.3 Å². The fourth-order valence-electron chi connectivity index (χ4n) is 7.22. The normalized spacial score (nSPS) is 20.7. The summed E-state index contributed by atoms with van der Waals surface area (Å²) in [5, 5.41) is 21.9. The molecule has 13 heteroatoms. The molecule has 6 rings (SSSR count). The first-order chi connectivity index (χ1) is 27.2. The second kappa shape index (κ2) is 18.3. The van der Waals surface area contributed by atoms with Crippen molar-refractivity contribution in [2.45, 2.75) is 65.2 Å². The average molecular weight is 799 g/mol. The predicted octanol–water partition coefficient (Wildman–Crippen LogP) is 7.48. The van der Waals surface area contributed by atoms with Crippen LogP contribution in [0.2, 0.25) is 25.7 Å². The van der Waals surface area contributed by atoms with Crippen molar-refractivity contribution >= 4 is 42.6 Å². The lowest BCUT2D eigenvalue weighted by Gasteiger charge is -2.25. The molecule has 4 aromatic rings. The highest BCUT2D eigenvalue weighted by Crippen LogP contribution is 2.57. The van der Waals surface area contributed by atoms with Crippen LogP contribution in [-0.2, 0) is 46.3 Å². The standard InChI is InChI=1S/C24H23NO5.C20H31NO5Si/c1-2-29-23(27)24(15-20(24)22(26)25-28)14-16-10-12-18(13-11-16)30-21-9-5-7-17-6-3-4-8-19(17)21;1-6-26-19(24)20(13-15-7-9-16(22)10-8-15)14-17(20)18(23)21(25-2)11-12-27(3,4)5/h3-13,20,28H,2,14-15H2,1H3,(H,25,26);7-10,17,22H,6,11-14H2,1-5H3/t20?,24-;17?,20-/m00/s1. The van der Waals surface area contributed by atoms with Gasteiger partial charge in [0.2, 0.25) is 11.8 Å². The van der Waals surface area contributed by atoms with Crippen molar-refractivity contribution in [1.82, 2.24) is 10.5 Å². The number of phenolic OH excluding ortho intramolecular Hbond substituents is 1. The van der Waals surface area contributed by atoms with Gasteiger partial charge in [0, 0.05) is 20.0 Å². The highest BCUT2D eigenvalue weighted by molar-refractivity contribution is 6.76. The summed E-state index contributed by atoms with van der Waals surface area (Å²) in [5.74, 6) is -0.857. The summed E-state index contributed by atoms with van der Waals surface area (Å²) in [7, 11) is 0.174. The number of carbonyl (C=O) groups excluding carboxylic acids is 4. The van der Waals surface area contributed by atoms with E-state index in [9.17, 15) is 24.3 Å². The molecular weight excluding hydrogens is 745 g/mol. The van der Waals surface area contributed by atoms with E-state index in [1.54, 1.807) is 43.6 Å². The molecule has 2 amide bonds. The number of phenols is 1. The number of hydrogen-bond donors (Lipinski definition) is 3. The topological polar surface area (TPSA) is 161 Å². The Bertz CT molecular complexity index is 2030. The van der Waals surface area contributed by atoms with E-state index in [-0.39, 0.29) is 30.8 Å². The number of esters is 2. The molecule has 3 N–H and O–H groups in total. The minimum absolute atomic E-state index is 0.150. The quantitative estimate of drug-likeness (QED) is 0.0449. The van der Waals surface area contributed by atoms with E-state index >= 15 is 0 Å². The van der Waals surface area contributed by atoms with Crippen LogP contribution in [0.1, 0.15) is 37.8 Å². The third kappa shape index (κ3) is 10.4. The molecule has 2 fully saturated rings. The number of benzene rings is 4. The summed E-state index contributed by atoms with van der Waals surface area (Å²) in [4.78, 5) is 55.3. The van der Waals surface area contributed by atoms with Crippen LogP contribution in [0.3, 0.4) is 0 Å². The third-order valence-corrected chi connectivity index (χ3v) is 12.4. The fraction of sp³-hybridized carbons (Fsp3) is 0.409. The van der Waals surface area contributed by atoms with Crippen molar-refractivity contribution in [2.24, 2.45) is 22.7 Å². The van der Waals surface area contributed by atoms with Crippen molar-refractivity contribution < 1.29 is 48.5 Å². The Balaban J connectivity index is 0.000000219. The summed E-state index contributed by atoms with van der Waals surface area (Å²) in [6.45, 7) is 11.3. The van der Waals surface area contributed by atoms with Crippen molar-refractivity contribution in [3.63, 3.8) is 0 Å². The zero-order valence-electron chi connectivity index (χ0n) is 33.6. The number of fused-ring (bicyclic) bond motifs is 1. The first-order valence-electron chi connectivity index (χ1n) is 19.4. The fourth-order valence-corrected chi connectivity index (χ4v) is 8.10. The maximum absolute atomic E-state index is 13.0. The molecule has 2 saturated carbocycles. The number of ether oxygens (including phenoxy) is 3. The van der Waals surface area contributed by atoms with Gasteiger partial charge in [0.05, 0.1) is 43.0 Å². The highest BCUT2D eigenvalue weighted by Gasteiger charge is 2.66. The first kappa shape index (κ1) is 42.9. The molecule has 0 saturated heterocycles. The Morgan fingerprint density at radius 1 is 0.772 bits per heavy atom. The van der Waals surface area contributed by atoms with Crippen LogP contribution in [0.25, 0.3) is 10.8 Å². The molecule has 4 atom stereocenters. The van der Waals surface area contributed by atoms with E-state index < -0.39 is 42.6 Å². The molecule has 2 aliphatic rings. The van der Waals surface area contributed by atoms with E-state index in [1.807, 2.05) is 66.7 Å². The Morgan fingerprint density at radius 2 is 1.32 bits per heavy atom. The third-order valence-electron chi connectivity index (χ3n) is 10.6. The number of nitrogens with zero attached hydrogens (tertiary/aromatic N) is 1. The average Bonchev–Trinajstić information content (AvgIpc) is 4.11. The number of amides is 2. The number of rotatable bonds is 16. The van der Waals surface area contributed by atoms with Crippen molar-refractivity contribution in [3.05, 3.63) is 102 Å². The molecule has 0 spiro atoms. The van der Waals surface area contributed by atoms with Gasteiger partial charge in [-0.3, -0.25) is 29.2 Å². The van der Waals surface area contributed by atoms with Crippen LogP contribution in [0.15, 0.2) is 91.0 Å². The summed E-state index contributed by atoms with van der Waals surface area (Å²) >= 11 is 0. The number of nitrogens with one attached hydrogen (secondary N) is 1. The largest absolute Gasteiger partial charge is 0.508 e. The molecule has 2 unspecified atom stereocenters.